The fourth-order valence-corrected chi connectivity index (χ4v) is 4.19. The van der Waals surface area contributed by atoms with Crippen molar-refractivity contribution in [2.24, 2.45) is 0 Å². The molecule has 0 bridgehead atoms. The highest BCUT2D eigenvalue weighted by Crippen LogP contribution is 2.48. The standard InChI is InChI=1S/C18H27NO2.ClH/c1-4-10-19-15-9-8-12-11-16(20-2)18(21-3)14-7-5-6-13(15)17(12)14;/h11,13,15,19H,4-10H2,1-3H3;1H. The van der Waals surface area contributed by atoms with Gasteiger partial charge in [0, 0.05) is 11.6 Å². The second kappa shape index (κ2) is 7.56. The SMILES string of the molecule is CCCNC1CCc2cc(OC)c(OC)c3c2C1CCC3.Cl. The Labute approximate surface area is 140 Å². The third-order valence-electron chi connectivity index (χ3n) is 5.08. The Morgan fingerprint density at radius 3 is 2.68 bits per heavy atom. The molecule has 0 aliphatic heterocycles. The lowest BCUT2D eigenvalue weighted by atomic mass is 9.70. The van der Waals surface area contributed by atoms with Crippen molar-refractivity contribution in [2.45, 2.75) is 57.4 Å². The summed E-state index contributed by atoms with van der Waals surface area (Å²) in [5, 5.41) is 3.77. The van der Waals surface area contributed by atoms with Gasteiger partial charge in [-0.15, -0.1) is 12.4 Å². The minimum absolute atomic E-state index is 0. The maximum atomic E-state index is 5.68. The number of methoxy groups -OCH3 is 2. The number of hydrogen-bond acceptors (Lipinski definition) is 3. The molecule has 0 saturated heterocycles. The summed E-state index contributed by atoms with van der Waals surface area (Å²) >= 11 is 0. The van der Waals surface area contributed by atoms with Crippen molar-refractivity contribution >= 4 is 12.4 Å². The number of hydrogen-bond donors (Lipinski definition) is 1. The van der Waals surface area contributed by atoms with Crippen LogP contribution >= 0.6 is 12.4 Å². The van der Waals surface area contributed by atoms with Crippen LogP contribution in [-0.2, 0) is 12.8 Å². The summed E-state index contributed by atoms with van der Waals surface area (Å²) in [6, 6.07) is 2.85. The van der Waals surface area contributed by atoms with E-state index in [1.165, 1.54) is 36.8 Å². The van der Waals surface area contributed by atoms with Gasteiger partial charge in [-0.3, -0.25) is 0 Å². The molecule has 1 aromatic carbocycles. The Hall–Kier alpha value is -0.930. The van der Waals surface area contributed by atoms with E-state index >= 15 is 0 Å². The normalized spacial score (nSPS) is 22.5. The van der Waals surface area contributed by atoms with Gasteiger partial charge in [0.1, 0.15) is 0 Å². The first-order valence-corrected chi connectivity index (χ1v) is 8.30. The van der Waals surface area contributed by atoms with Gasteiger partial charge < -0.3 is 14.8 Å². The molecule has 1 N–H and O–H groups in total. The fourth-order valence-electron chi connectivity index (χ4n) is 4.19. The van der Waals surface area contributed by atoms with Gasteiger partial charge in [0.25, 0.3) is 0 Å². The maximum absolute atomic E-state index is 5.68. The second-order valence-electron chi connectivity index (χ2n) is 6.26. The van der Waals surface area contributed by atoms with Crippen LogP contribution in [0.3, 0.4) is 0 Å². The lowest BCUT2D eigenvalue weighted by Crippen LogP contribution is -2.40. The zero-order chi connectivity index (χ0) is 14.8. The summed E-state index contributed by atoms with van der Waals surface area (Å²) in [6.07, 6.45) is 7.28. The van der Waals surface area contributed by atoms with E-state index in [0.29, 0.717) is 12.0 Å². The number of benzene rings is 1. The van der Waals surface area contributed by atoms with E-state index in [2.05, 4.69) is 18.3 Å². The summed E-state index contributed by atoms with van der Waals surface area (Å²) in [5.41, 5.74) is 4.46. The van der Waals surface area contributed by atoms with E-state index in [-0.39, 0.29) is 12.4 Å². The van der Waals surface area contributed by atoms with Crippen LogP contribution in [0.25, 0.3) is 0 Å². The Morgan fingerprint density at radius 2 is 2.00 bits per heavy atom. The Balaban J connectivity index is 0.00000176. The molecule has 0 spiro atoms. The van der Waals surface area contributed by atoms with Crippen molar-refractivity contribution in [3.63, 3.8) is 0 Å². The Morgan fingerprint density at radius 1 is 1.18 bits per heavy atom. The predicted molar refractivity (Wildman–Crippen MR) is 92.9 cm³/mol. The van der Waals surface area contributed by atoms with Crippen LogP contribution in [0.5, 0.6) is 11.5 Å². The quantitative estimate of drug-likeness (QED) is 0.891. The van der Waals surface area contributed by atoms with Crippen molar-refractivity contribution in [3.8, 4) is 11.5 Å². The molecule has 2 unspecified atom stereocenters. The van der Waals surface area contributed by atoms with Crippen molar-refractivity contribution in [1.29, 1.82) is 0 Å². The van der Waals surface area contributed by atoms with Gasteiger partial charge in [-0.05, 0) is 68.2 Å². The van der Waals surface area contributed by atoms with E-state index in [4.69, 9.17) is 9.47 Å². The van der Waals surface area contributed by atoms with Crippen molar-refractivity contribution in [3.05, 3.63) is 22.8 Å². The third kappa shape index (κ3) is 2.93. The molecule has 4 heteroatoms. The average molecular weight is 326 g/mol. The highest BCUT2D eigenvalue weighted by atomic mass is 35.5. The van der Waals surface area contributed by atoms with Gasteiger partial charge in [-0.1, -0.05) is 6.92 Å². The molecule has 3 rings (SSSR count). The largest absolute Gasteiger partial charge is 0.493 e. The van der Waals surface area contributed by atoms with Gasteiger partial charge in [0.05, 0.1) is 14.2 Å². The smallest absolute Gasteiger partial charge is 0.164 e. The number of rotatable bonds is 5. The van der Waals surface area contributed by atoms with E-state index < -0.39 is 0 Å². The molecular weight excluding hydrogens is 298 g/mol. The highest BCUT2D eigenvalue weighted by Gasteiger charge is 2.35. The molecule has 0 heterocycles. The van der Waals surface area contributed by atoms with Crippen LogP contribution < -0.4 is 14.8 Å². The van der Waals surface area contributed by atoms with Crippen LogP contribution in [-0.4, -0.2) is 26.8 Å². The zero-order valence-corrected chi connectivity index (χ0v) is 14.7. The molecule has 2 aliphatic rings. The Kier molecular flexibility index (Phi) is 5.99. The molecule has 124 valence electrons. The van der Waals surface area contributed by atoms with E-state index in [9.17, 15) is 0 Å². The first-order valence-electron chi connectivity index (χ1n) is 8.30. The number of nitrogens with one attached hydrogen (secondary N) is 1. The zero-order valence-electron chi connectivity index (χ0n) is 13.9. The molecule has 0 saturated carbocycles. The van der Waals surface area contributed by atoms with E-state index in [1.54, 1.807) is 19.8 Å². The highest BCUT2D eigenvalue weighted by molar-refractivity contribution is 5.85. The van der Waals surface area contributed by atoms with Crippen LogP contribution in [0, 0.1) is 0 Å². The first-order chi connectivity index (χ1) is 10.3. The van der Waals surface area contributed by atoms with Crippen molar-refractivity contribution < 1.29 is 9.47 Å². The molecular formula is C18H28ClNO2. The van der Waals surface area contributed by atoms with Gasteiger partial charge in [0.2, 0.25) is 0 Å². The monoisotopic (exact) mass is 325 g/mol. The summed E-state index contributed by atoms with van der Waals surface area (Å²) in [5.74, 6) is 2.54. The summed E-state index contributed by atoms with van der Waals surface area (Å²) in [7, 11) is 3.51. The Bertz CT molecular complexity index is 518. The van der Waals surface area contributed by atoms with Crippen molar-refractivity contribution in [1.82, 2.24) is 5.32 Å². The van der Waals surface area contributed by atoms with Crippen LogP contribution in [0.15, 0.2) is 6.07 Å². The third-order valence-corrected chi connectivity index (χ3v) is 5.08. The minimum atomic E-state index is 0. The number of aryl methyl sites for hydroxylation is 1. The van der Waals surface area contributed by atoms with E-state index in [1.807, 2.05) is 0 Å². The molecule has 3 nitrogen and oxygen atoms in total. The molecule has 0 radical (unpaired) electrons. The molecule has 0 amide bonds. The average Bonchev–Trinajstić information content (AvgIpc) is 2.54. The predicted octanol–water partition coefficient (Wildman–Crippen LogP) is 3.86. The topological polar surface area (TPSA) is 30.5 Å². The van der Waals surface area contributed by atoms with Gasteiger partial charge in [-0.25, -0.2) is 0 Å². The first kappa shape index (κ1) is 17.4. The second-order valence-corrected chi connectivity index (χ2v) is 6.26. The molecule has 2 atom stereocenters. The molecule has 2 aliphatic carbocycles. The molecule has 1 aromatic rings. The lowest BCUT2D eigenvalue weighted by Gasteiger charge is -2.39. The maximum Gasteiger partial charge on any atom is 0.164 e. The minimum Gasteiger partial charge on any atom is -0.493 e. The van der Waals surface area contributed by atoms with Crippen LogP contribution in [0.1, 0.15) is 55.2 Å². The molecule has 0 fully saturated rings. The lowest BCUT2D eigenvalue weighted by molar-refractivity contribution is 0.327. The molecule has 0 aromatic heterocycles. The number of halogens is 1. The van der Waals surface area contributed by atoms with Crippen LogP contribution in [0.2, 0.25) is 0 Å². The fraction of sp³-hybridized carbons (Fsp3) is 0.667. The van der Waals surface area contributed by atoms with E-state index in [0.717, 1.165) is 30.9 Å². The van der Waals surface area contributed by atoms with Crippen molar-refractivity contribution in [2.75, 3.05) is 20.8 Å². The number of ether oxygens (including phenoxy) is 2. The summed E-state index contributed by atoms with van der Waals surface area (Å²) in [4.78, 5) is 0. The van der Waals surface area contributed by atoms with Crippen LogP contribution in [0.4, 0.5) is 0 Å². The summed E-state index contributed by atoms with van der Waals surface area (Å²) < 4.78 is 11.2. The van der Waals surface area contributed by atoms with Gasteiger partial charge in [0.15, 0.2) is 11.5 Å². The van der Waals surface area contributed by atoms with Gasteiger partial charge >= 0.3 is 0 Å². The molecule has 22 heavy (non-hydrogen) atoms. The van der Waals surface area contributed by atoms with Gasteiger partial charge in [-0.2, -0.15) is 0 Å². The summed E-state index contributed by atoms with van der Waals surface area (Å²) in [6.45, 7) is 3.36.